The zero-order valence-electron chi connectivity index (χ0n) is 14.1. The quantitative estimate of drug-likeness (QED) is 0.430. The van der Waals surface area contributed by atoms with Gasteiger partial charge in [0.15, 0.2) is 0 Å². The molecule has 2 aliphatic carbocycles. The molecule has 124 valence electrons. The first-order valence-corrected chi connectivity index (χ1v) is 9.12. The number of nitrogens with zero attached hydrogens (tertiary/aromatic N) is 1. The van der Waals surface area contributed by atoms with Crippen LogP contribution in [0.2, 0.25) is 0 Å². The molecule has 2 fully saturated rings. The fourth-order valence-corrected chi connectivity index (χ4v) is 3.75. The van der Waals surface area contributed by atoms with Gasteiger partial charge in [-0.15, -0.1) is 0 Å². The van der Waals surface area contributed by atoms with Crippen molar-refractivity contribution in [1.29, 1.82) is 0 Å². The first kappa shape index (κ1) is 18.5. The van der Waals surface area contributed by atoms with Crippen LogP contribution in [0.3, 0.4) is 0 Å². The van der Waals surface area contributed by atoms with E-state index in [1.54, 1.807) is 0 Å². The van der Waals surface area contributed by atoms with Crippen molar-refractivity contribution in [2.75, 3.05) is 13.2 Å². The smallest absolute Gasteiger partial charge is 0.0604 e. The molecule has 0 aliphatic heterocycles. The van der Waals surface area contributed by atoms with Crippen LogP contribution in [0, 0.1) is 11.8 Å². The lowest BCUT2D eigenvalue weighted by molar-refractivity contribution is 0.162. The van der Waals surface area contributed by atoms with Gasteiger partial charge in [0, 0.05) is 19.1 Å². The molecule has 0 bridgehead atoms. The van der Waals surface area contributed by atoms with Gasteiger partial charge < -0.3 is 9.94 Å². The van der Waals surface area contributed by atoms with Crippen LogP contribution in [0.1, 0.15) is 84.5 Å². The summed E-state index contributed by atoms with van der Waals surface area (Å²) < 4.78 is 4.83. The van der Waals surface area contributed by atoms with E-state index in [1.807, 2.05) is 13.8 Å². The fourth-order valence-electron chi connectivity index (χ4n) is 3.75. The highest BCUT2D eigenvalue weighted by Gasteiger charge is 2.28. The third kappa shape index (κ3) is 7.30. The SMILES string of the molecule is CCOCC.O/N=C1\CCCCCC1C1CCCCCC1. The summed E-state index contributed by atoms with van der Waals surface area (Å²) in [6.45, 7) is 5.67. The lowest BCUT2D eigenvalue weighted by Gasteiger charge is -2.25. The fraction of sp³-hybridized carbons (Fsp3) is 0.944. The third-order valence-corrected chi connectivity index (χ3v) is 4.88. The lowest BCUT2D eigenvalue weighted by Crippen LogP contribution is -2.22. The highest BCUT2D eigenvalue weighted by Crippen LogP contribution is 2.35. The summed E-state index contributed by atoms with van der Waals surface area (Å²) in [6.07, 6.45) is 14.5. The molecule has 3 heteroatoms. The zero-order valence-corrected chi connectivity index (χ0v) is 14.1. The predicted octanol–water partition coefficient (Wildman–Crippen LogP) is 5.41. The van der Waals surface area contributed by atoms with Crippen molar-refractivity contribution >= 4 is 5.71 Å². The second kappa shape index (κ2) is 12.0. The van der Waals surface area contributed by atoms with Crippen LogP contribution in [-0.4, -0.2) is 24.1 Å². The molecule has 0 aromatic carbocycles. The number of rotatable bonds is 3. The summed E-state index contributed by atoms with van der Waals surface area (Å²) in [5.74, 6) is 1.41. The molecule has 2 rings (SSSR count). The van der Waals surface area contributed by atoms with Gasteiger partial charge in [-0.2, -0.15) is 0 Å². The van der Waals surface area contributed by atoms with E-state index in [2.05, 4.69) is 5.16 Å². The molecule has 21 heavy (non-hydrogen) atoms. The predicted molar refractivity (Wildman–Crippen MR) is 89.2 cm³/mol. The first-order valence-electron chi connectivity index (χ1n) is 9.12. The van der Waals surface area contributed by atoms with Gasteiger partial charge in [-0.25, -0.2) is 0 Å². The minimum Gasteiger partial charge on any atom is -0.411 e. The van der Waals surface area contributed by atoms with Crippen LogP contribution in [0.25, 0.3) is 0 Å². The van der Waals surface area contributed by atoms with E-state index in [1.165, 1.54) is 64.2 Å². The van der Waals surface area contributed by atoms with Gasteiger partial charge in [-0.1, -0.05) is 43.7 Å². The molecule has 1 atom stereocenters. The summed E-state index contributed by atoms with van der Waals surface area (Å²) in [6, 6.07) is 0. The molecule has 0 heterocycles. The Hall–Kier alpha value is -0.570. The van der Waals surface area contributed by atoms with Crippen molar-refractivity contribution in [3.63, 3.8) is 0 Å². The summed E-state index contributed by atoms with van der Waals surface area (Å²) in [4.78, 5) is 0. The molecule has 2 aliphatic rings. The van der Waals surface area contributed by atoms with Gasteiger partial charge in [0.1, 0.15) is 0 Å². The largest absolute Gasteiger partial charge is 0.411 e. The molecular formula is C18H35NO2. The zero-order chi connectivity index (χ0) is 15.3. The molecule has 0 saturated heterocycles. The maximum absolute atomic E-state index is 9.18. The topological polar surface area (TPSA) is 41.8 Å². The monoisotopic (exact) mass is 297 g/mol. The van der Waals surface area contributed by atoms with Gasteiger partial charge in [-0.3, -0.25) is 0 Å². The van der Waals surface area contributed by atoms with Gasteiger partial charge in [0.05, 0.1) is 5.71 Å². The summed E-state index contributed by atoms with van der Waals surface area (Å²) in [7, 11) is 0. The van der Waals surface area contributed by atoms with Gasteiger partial charge in [-0.05, 0) is 51.9 Å². The van der Waals surface area contributed by atoms with E-state index in [-0.39, 0.29) is 0 Å². The molecule has 1 unspecified atom stereocenters. The van der Waals surface area contributed by atoms with E-state index >= 15 is 0 Å². The van der Waals surface area contributed by atoms with E-state index in [4.69, 9.17) is 4.74 Å². The Balaban J connectivity index is 0.000000383. The molecule has 0 amide bonds. The number of ether oxygens (including phenoxy) is 1. The maximum atomic E-state index is 9.18. The molecular weight excluding hydrogens is 262 g/mol. The van der Waals surface area contributed by atoms with Crippen molar-refractivity contribution in [2.24, 2.45) is 17.0 Å². The number of oxime groups is 1. The Morgan fingerprint density at radius 3 is 2.00 bits per heavy atom. The highest BCUT2D eigenvalue weighted by atomic mass is 16.5. The minimum absolute atomic E-state index is 0.602. The lowest BCUT2D eigenvalue weighted by atomic mass is 9.80. The van der Waals surface area contributed by atoms with Crippen LogP contribution >= 0.6 is 0 Å². The van der Waals surface area contributed by atoms with Crippen LogP contribution in [0.4, 0.5) is 0 Å². The molecule has 0 aromatic heterocycles. The third-order valence-electron chi connectivity index (χ3n) is 4.88. The average Bonchev–Trinajstić information content (AvgIpc) is 2.90. The van der Waals surface area contributed by atoms with Crippen molar-refractivity contribution < 1.29 is 9.94 Å². The molecule has 0 aromatic rings. The summed E-state index contributed by atoms with van der Waals surface area (Å²) in [5.41, 5.74) is 1.12. The highest BCUT2D eigenvalue weighted by molar-refractivity contribution is 5.86. The Morgan fingerprint density at radius 2 is 1.48 bits per heavy atom. The molecule has 0 radical (unpaired) electrons. The average molecular weight is 297 g/mol. The van der Waals surface area contributed by atoms with Crippen molar-refractivity contribution in [1.82, 2.24) is 0 Å². The molecule has 2 saturated carbocycles. The van der Waals surface area contributed by atoms with Crippen molar-refractivity contribution in [3.05, 3.63) is 0 Å². The maximum Gasteiger partial charge on any atom is 0.0604 e. The Morgan fingerprint density at radius 1 is 0.905 bits per heavy atom. The van der Waals surface area contributed by atoms with E-state index in [0.717, 1.165) is 31.3 Å². The van der Waals surface area contributed by atoms with Crippen LogP contribution in [0.15, 0.2) is 5.16 Å². The van der Waals surface area contributed by atoms with Crippen LogP contribution < -0.4 is 0 Å². The van der Waals surface area contributed by atoms with Gasteiger partial charge in [0.25, 0.3) is 0 Å². The van der Waals surface area contributed by atoms with Crippen molar-refractivity contribution in [3.8, 4) is 0 Å². The second-order valence-electron chi connectivity index (χ2n) is 6.33. The number of hydrogen-bond acceptors (Lipinski definition) is 3. The van der Waals surface area contributed by atoms with Gasteiger partial charge in [0.2, 0.25) is 0 Å². The molecule has 1 N–H and O–H groups in total. The second-order valence-corrected chi connectivity index (χ2v) is 6.33. The Kier molecular flexibility index (Phi) is 10.6. The van der Waals surface area contributed by atoms with E-state index in [0.29, 0.717) is 5.92 Å². The first-order chi connectivity index (χ1) is 10.3. The van der Waals surface area contributed by atoms with E-state index < -0.39 is 0 Å². The minimum atomic E-state index is 0.602. The molecule has 3 nitrogen and oxygen atoms in total. The van der Waals surface area contributed by atoms with Crippen LogP contribution in [-0.2, 0) is 4.74 Å². The summed E-state index contributed by atoms with van der Waals surface area (Å²) in [5, 5.41) is 12.8. The molecule has 0 spiro atoms. The summed E-state index contributed by atoms with van der Waals surface area (Å²) >= 11 is 0. The van der Waals surface area contributed by atoms with Gasteiger partial charge >= 0.3 is 0 Å². The normalized spacial score (nSPS) is 26.6. The van der Waals surface area contributed by atoms with Crippen LogP contribution in [0.5, 0.6) is 0 Å². The Bertz CT molecular complexity index is 268. The van der Waals surface area contributed by atoms with Crippen molar-refractivity contribution in [2.45, 2.75) is 84.5 Å². The Labute approximate surface area is 131 Å². The van der Waals surface area contributed by atoms with E-state index in [9.17, 15) is 5.21 Å². The standard InChI is InChI=1S/C14H25NO.C4H10O/c16-15-14-11-7-3-6-10-13(14)12-8-4-1-2-5-9-12;1-3-5-4-2/h12-13,16H,1-11H2;3-4H2,1-2H3/b15-14+;. The number of hydrogen-bond donors (Lipinski definition) is 1.